The highest BCUT2D eigenvalue weighted by molar-refractivity contribution is 9.10. The SMILES string of the molecule is Oc1cc(Br)ccc1/N=N/c1ccc(Br)cc1O. The molecule has 0 bridgehead atoms. The van der Waals surface area contributed by atoms with Gasteiger partial charge < -0.3 is 10.2 Å². The molecule has 0 saturated carbocycles. The van der Waals surface area contributed by atoms with Crippen LogP contribution in [0.5, 0.6) is 11.5 Å². The predicted octanol–water partition coefficient (Wildman–Crippen LogP) is 5.04. The molecule has 0 aliphatic carbocycles. The Hall–Kier alpha value is -1.40. The van der Waals surface area contributed by atoms with Crippen molar-refractivity contribution in [1.29, 1.82) is 0 Å². The lowest BCUT2D eigenvalue weighted by Crippen LogP contribution is -1.71. The Labute approximate surface area is 120 Å². The molecule has 0 heterocycles. The second-order valence-corrected chi connectivity index (χ2v) is 5.30. The first-order valence-corrected chi connectivity index (χ1v) is 6.53. The summed E-state index contributed by atoms with van der Waals surface area (Å²) in [5.41, 5.74) is 0.668. The lowest BCUT2D eigenvalue weighted by Gasteiger charge is -2.00. The number of nitrogens with zero attached hydrogens (tertiary/aromatic N) is 2. The van der Waals surface area contributed by atoms with Crippen molar-refractivity contribution in [3.63, 3.8) is 0 Å². The standard InChI is InChI=1S/C12H8Br2N2O2/c13-7-1-3-9(11(17)5-7)15-16-10-4-2-8(14)6-12(10)18/h1-6,17-18H/b16-15+. The fourth-order valence-electron chi connectivity index (χ4n) is 1.27. The Balaban J connectivity index is 2.30. The zero-order valence-electron chi connectivity index (χ0n) is 9.01. The summed E-state index contributed by atoms with van der Waals surface area (Å²) < 4.78 is 1.51. The minimum atomic E-state index is 0.0183. The van der Waals surface area contributed by atoms with Crippen LogP contribution >= 0.6 is 31.9 Å². The topological polar surface area (TPSA) is 65.2 Å². The third-order valence-electron chi connectivity index (χ3n) is 2.14. The van der Waals surface area contributed by atoms with Crippen molar-refractivity contribution in [2.75, 3.05) is 0 Å². The van der Waals surface area contributed by atoms with Gasteiger partial charge in [-0.1, -0.05) is 31.9 Å². The van der Waals surface area contributed by atoms with Crippen LogP contribution in [-0.2, 0) is 0 Å². The summed E-state index contributed by atoms with van der Waals surface area (Å²) in [5, 5.41) is 27.0. The molecule has 6 heteroatoms. The van der Waals surface area contributed by atoms with Crippen LogP contribution in [0.2, 0.25) is 0 Å². The van der Waals surface area contributed by atoms with Gasteiger partial charge in [-0.2, -0.15) is 0 Å². The lowest BCUT2D eigenvalue weighted by molar-refractivity contribution is 0.473. The first-order valence-electron chi connectivity index (χ1n) is 4.95. The van der Waals surface area contributed by atoms with Gasteiger partial charge in [0.15, 0.2) is 0 Å². The molecule has 92 valence electrons. The Bertz CT molecular complexity index is 562. The summed E-state index contributed by atoms with van der Waals surface area (Å²) in [4.78, 5) is 0. The lowest BCUT2D eigenvalue weighted by atomic mass is 10.3. The van der Waals surface area contributed by atoms with Gasteiger partial charge in [-0.15, -0.1) is 10.2 Å². The average Bonchev–Trinajstić information content (AvgIpc) is 2.30. The molecule has 2 aromatic rings. The number of benzene rings is 2. The van der Waals surface area contributed by atoms with Crippen molar-refractivity contribution in [2.45, 2.75) is 0 Å². The Morgan fingerprint density at radius 3 is 1.44 bits per heavy atom. The molecular weight excluding hydrogens is 364 g/mol. The highest BCUT2D eigenvalue weighted by Crippen LogP contribution is 2.34. The van der Waals surface area contributed by atoms with Gasteiger partial charge in [0, 0.05) is 8.95 Å². The van der Waals surface area contributed by atoms with E-state index in [1.165, 1.54) is 12.1 Å². The zero-order chi connectivity index (χ0) is 13.1. The molecule has 0 atom stereocenters. The van der Waals surface area contributed by atoms with Gasteiger partial charge in [0.2, 0.25) is 0 Å². The minimum Gasteiger partial charge on any atom is -0.506 e. The second kappa shape index (κ2) is 5.49. The summed E-state index contributed by atoms with van der Waals surface area (Å²) in [5.74, 6) is 0.0365. The van der Waals surface area contributed by atoms with Crippen LogP contribution in [0.4, 0.5) is 11.4 Å². The van der Waals surface area contributed by atoms with Gasteiger partial charge in [0.25, 0.3) is 0 Å². The molecule has 0 spiro atoms. The molecule has 0 unspecified atom stereocenters. The fourth-order valence-corrected chi connectivity index (χ4v) is 1.97. The Morgan fingerprint density at radius 1 is 0.722 bits per heavy atom. The van der Waals surface area contributed by atoms with E-state index < -0.39 is 0 Å². The molecule has 0 amide bonds. The van der Waals surface area contributed by atoms with Crippen molar-refractivity contribution < 1.29 is 10.2 Å². The first kappa shape index (κ1) is 13.0. The molecule has 0 aliphatic rings. The maximum absolute atomic E-state index is 9.63. The smallest absolute Gasteiger partial charge is 0.144 e. The normalized spacial score (nSPS) is 11.0. The molecule has 0 saturated heterocycles. The molecular formula is C12H8Br2N2O2. The van der Waals surface area contributed by atoms with Gasteiger partial charge >= 0.3 is 0 Å². The molecule has 0 fully saturated rings. The number of halogens is 2. The van der Waals surface area contributed by atoms with E-state index >= 15 is 0 Å². The van der Waals surface area contributed by atoms with Crippen LogP contribution in [0.3, 0.4) is 0 Å². The second-order valence-electron chi connectivity index (χ2n) is 3.47. The zero-order valence-corrected chi connectivity index (χ0v) is 12.2. The quantitative estimate of drug-likeness (QED) is 0.726. The van der Waals surface area contributed by atoms with Crippen molar-refractivity contribution in [3.05, 3.63) is 45.3 Å². The number of phenolic OH excluding ortho intramolecular Hbond substituents is 2. The van der Waals surface area contributed by atoms with Gasteiger partial charge in [-0.25, -0.2) is 0 Å². The van der Waals surface area contributed by atoms with E-state index in [0.717, 1.165) is 8.95 Å². The molecule has 2 aromatic carbocycles. The average molecular weight is 372 g/mol. The number of azo groups is 1. The number of aromatic hydroxyl groups is 2. The van der Waals surface area contributed by atoms with Crippen LogP contribution in [0, 0.1) is 0 Å². The largest absolute Gasteiger partial charge is 0.506 e. The number of hydrogen-bond donors (Lipinski definition) is 2. The maximum Gasteiger partial charge on any atom is 0.144 e. The minimum absolute atomic E-state index is 0.0183. The highest BCUT2D eigenvalue weighted by Gasteiger charge is 2.02. The molecule has 4 nitrogen and oxygen atoms in total. The van der Waals surface area contributed by atoms with E-state index in [1.54, 1.807) is 24.3 Å². The van der Waals surface area contributed by atoms with Gasteiger partial charge in [-0.3, -0.25) is 0 Å². The Kier molecular flexibility index (Phi) is 3.98. The molecule has 0 aliphatic heterocycles. The highest BCUT2D eigenvalue weighted by atomic mass is 79.9. The molecule has 2 rings (SSSR count). The van der Waals surface area contributed by atoms with Crippen molar-refractivity contribution >= 4 is 43.2 Å². The Morgan fingerprint density at radius 2 is 1.11 bits per heavy atom. The molecule has 0 aromatic heterocycles. The van der Waals surface area contributed by atoms with E-state index in [0.29, 0.717) is 11.4 Å². The summed E-state index contributed by atoms with van der Waals surface area (Å²) in [6, 6.07) is 9.79. The first-order chi connectivity index (χ1) is 8.56. The van der Waals surface area contributed by atoms with Crippen LogP contribution in [-0.4, -0.2) is 10.2 Å². The van der Waals surface area contributed by atoms with Gasteiger partial charge in [0.1, 0.15) is 22.9 Å². The van der Waals surface area contributed by atoms with Crippen LogP contribution in [0.15, 0.2) is 55.6 Å². The number of rotatable bonds is 2. The van der Waals surface area contributed by atoms with E-state index in [-0.39, 0.29) is 11.5 Å². The van der Waals surface area contributed by atoms with Crippen molar-refractivity contribution in [2.24, 2.45) is 10.2 Å². The molecule has 2 N–H and O–H groups in total. The van der Waals surface area contributed by atoms with Crippen LogP contribution in [0.25, 0.3) is 0 Å². The number of phenols is 2. The van der Waals surface area contributed by atoms with Gasteiger partial charge in [-0.05, 0) is 36.4 Å². The van der Waals surface area contributed by atoms with Crippen molar-refractivity contribution in [1.82, 2.24) is 0 Å². The fraction of sp³-hybridized carbons (Fsp3) is 0. The number of hydrogen-bond acceptors (Lipinski definition) is 4. The van der Waals surface area contributed by atoms with Crippen LogP contribution in [0.1, 0.15) is 0 Å². The van der Waals surface area contributed by atoms with Gasteiger partial charge in [0.05, 0.1) is 0 Å². The summed E-state index contributed by atoms with van der Waals surface area (Å²) >= 11 is 6.47. The van der Waals surface area contributed by atoms with E-state index in [2.05, 4.69) is 42.1 Å². The molecule has 0 radical (unpaired) electrons. The summed E-state index contributed by atoms with van der Waals surface area (Å²) in [6.45, 7) is 0. The summed E-state index contributed by atoms with van der Waals surface area (Å²) in [7, 11) is 0. The van der Waals surface area contributed by atoms with Crippen LogP contribution < -0.4 is 0 Å². The third kappa shape index (κ3) is 3.08. The van der Waals surface area contributed by atoms with E-state index in [4.69, 9.17) is 0 Å². The third-order valence-corrected chi connectivity index (χ3v) is 3.13. The summed E-state index contributed by atoms with van der Waals surface area (Å²) in [6.07, 6.45) is 0. The van der Waals surface area contributed by atoms with E-state index in [1.807, 2.05) is 0 Å². The maximum atomic E-state index is 9.63. The predicted molar refractivity (Wildman–Crippen MR) is 75.8 cm³/mol. The van der Waals surface area contributed by atoms with Crippen molar-refractivity contribution in [3.8, 4) is 11.5 Å². The van der Waals surface area contributed by atoms with E-state index in [9.17, 15) is 10.2 Å². The monoisotopic (exact) mass is 370 g/mol. The molecule has 18 heavy (non-hydrogen) atoms.